The molecule has 2 saturated heterocycles. The van der Waals surface area contributed by atoms with Crippen molar-refractivity contribution in [2.75, 3.05) is 26.3 Å². The zero-order valence-corrected chi connectivity index (χ0v) is 14.6. The molecule has 0 saturated carbocycles. The van der Waals surface area contributed by atoms with Gasteiger partial charge in [0.25, 0.3) is 0 Å². The van der Waals surface area contributed by atoms with E-state index in [4.69, 9.17) is 9.47 Å². The van der Waals surface area contributed by atoms with Crippen LogP contribution in [0.2, 0.25) is 0 Å². The van der Waals surface area contributed by atoms with E-state index in [9.17, 15) is 4.79 Å². The first-order valence-corrected chi connectivity index (χ1v) is 9.69. The zero-order chi connectivity index (χ0) is 15.8. The van der Waals surface area contributed by atoms with Gasteiger partial charge in [-0.2, -0.15) is 0 Å². The van der Waals surface area contributed by atoms with Crippen LogP contribution >= 0.6 is 11.3 Å². The molecule has 3 heterocycles. The average Bonchev–Trinajstić information content (AvgIpc) is 3.17. The average molecular weight is 338 g/mol. The number of ether oxygens (including phenoxy) is 2. The number of hydrogen-bond acceptors (Lipinski definition) is 5. The van der Waals surface area contributed by atoms with E-state index in [1.165, 1.54) is 28.3 Å². The highest BCUT2D eigenvalue weighted by atomic mass is 32.1. The summed E-state index contributed by atoms with van der Waals surface area (Å²) in [6.07, 6.45) is 5.97. The smallest absolute Gasteiger partial charge is 0.308 e. The topological polar surface area (TPSA) is 43.7 Å². The number of aromatic nitrogens is 1. The van der Waals surface area contributed by atoms with Gasteiger partial charge in [-0.05, 0) is 38.0 Å². The van der Waals surface area contributed by atoms with Crippen LogP contribution in [-0.2, 0) is 29.0 Å². The van der Waals surface area contributed by atoms with Crippen molar-refractivity contribution in [1.82, 2.24) is 9.47 Å². The molecule has 1 aromatic heterocycles. The summed E-state index contributed by atoms with van der Waals surface area (Å²) in [5.74, 6) is 0.710. The molecule has 0 bridgehead atoms. The van der Waals surface area contributed by atoms with Gasteiger partial charge in [-0.3, -0.25) is 14.3 Å². The van der Waals surface area contributed by atoms with Crippen molar-refractivity contribution < 1.29 is 9.47 Å². The molecule has 3 aliphatic rings. The molecule has 0 amide bonds. The lowest BCUT2D eigenvalue weighted by molar-refractivity contribution is -0.100. The van der Waals surface area contributed by atoms with E-state index < -0.39 is 0 Å². The SMILES string of the molecule is C[C@@H]1CCc2c(sc(=O)n2CN2CCO[C@@H]([C@@H]3CCCO3)C2)C1. The van der Waals surface area contributed by atoms with Gasteiger partial charge >= 0.3 is 4.87 Å². The maximum Gasteiger partial charge on any atom is 0.308 e. The van der Waals surface area contributed by atoms with Crippen molar-refractivity contribution in [2.45, 2.75) is 57.9 Å². The minimum Gasteiger partial charge on any atom is -0.375 e. The molecule has 23 heavy (non-hydrogen) atoms. The molecule has 0 unspecified atom stereocenters. The van der Waals surface area contributed by atoms with Crippen molar-refractivity contribution in [2.24, 2.45) is 5.92 Å². The maximum atomic E-state index is 12.4. The Hall–Kier alpha value is -0.690. The van der Waals surface area contributed by atoms with E-state index >= 15 is 0 Å². The standard InChI is InChI=1S/C17H26N2O3S/c1-12-4-5-13-16(9-12)23-17(20)19(13)11-18-6-8-22-15(10-18)14-3-2-7-21-14/h12,14-15H,2-11H2,1H3/t12-,14+,15-/m1/s1. The Kier molecular flexibility index (Phi) is 4.58. The summed E-state index contributed by atoms with van der Waals surface area (Å²) in [6, 6.07) is 0. The molecule has 1 aromatic rings. The second kappa shape index (κ2) is 6.67. The molecular weight excluding hydrogens is 312 g/mol. The lowest BCUT2D eigenvalue weighted by atomic mass is 9.93. The molecule has 0 radical (unpaired) electrons. The predicted octanol–water partition coefficient (Wildman–Crippen LogP) is 1.87. The Labute approximate surface area is 141 Å². The molecule has 3 atom stereocenters. The highest BCUT2D eigenvalue weighted by Crippen LogP contribution is 2.28. The van der Waals surface area contributed by atoms with Gasteiger partial charge in [0.05, 0.1) is 25.5 Å². The van der Waals surface area contributed by atoms with Crippen LogP contribution in [0.4, 0.5) is 0 Å². The van der Waals surface area contributed by atoms with Crippen LogP contribution in [0.1, 0.15) is 36.8 Å². The van der Waals surface area contributed by atoms with Crippen LogP contribution in [0.5, 0.6) is 0 Å². The second-order valence-electron chi connectivity index (χ2n) is 7.19. The van der Waals surface area contributed by atoms with E-state index in [0.29, 0.717) is 12.6 Å². The van der Waals surface area contributed by atoms with Crippen molar-refractivity contribution >= 4 is 11.3 Å². The molecular formula is C17H26N2O3S. The fraction of sp³-hybridized carbons (Fsp3) is 0.824. The van der Waals surface area contributed by atoms with Crippen LogP contribution < -0.4 is 4.87 Å². The molecule has 128 valence electrons. The van der Waals surface area contributed by atoms with Crippen molar-refractivity contribution in [1.29, 1.82) is 0 Å². The Morgan fingerprint density at radius 1 is 1.22 bits per heavy atom. The Balaban J connectivity index is 1.46. The third kappa shape index (κ3) is 3.27. The quantitative estimate of drug-likeness (QED) is 0.844. The Bertz CT molecular complexity index is 605. The van der Waals surface area contributed by atoms with Gasteiger partial charge in [0.15, 0.2) is 0 Å². The van der Waals surface area contributed by atoms with Crippen LogP contribution in [0.3, 0.4) is 0 Å². The van der Waals surface area contributed by atoms with E-state index in [-0.39, 0.29) is 17.1 Å². The summed E-state index contributed by atoms with van der Waals surface area (Å²) in [4.78, 5) is 16.3. The zero-order valence-electron chi connectivity index (χ0n) is 13.8. The number of fused-ring (bicyclic) bond motifs is 1. The molecule has 2 fully saturated rings. The van der Waals surface area contributed by atoms with Crippen LogP contribution in [0.15, 0.2) is 4.79 Å². The highest BCUT2D eigenvalue weighted by molar-refractivity contribution is 7.09. The monoisotopic (exact) mass is 338 g/mol. The summed E-state index contributed by atoms with van der Waals surface area (Å²) in [7, 11) is 0. The molecule has 0 spiro atoms. The van der Waals surface area contributed by atoms with E-state index in [0.717, 1.165) is 52.0 Å². The Morgan fingerprint density at radius 3 is 2.91 bits per heavy atom. The van der Waals surface area contributed by atoms with Gasteiger partial charge in [-0.15, -0.1) is 0 Å². The number of hydrogen-bond donors (Lipinski definition) is 0. The van der Waals surface area contributed by atoms with Crippen molar-refractivity contribution in [3.05, 3.63) is 20.2 Å². The fourth-order valence-electron chi connectivity index (χ4n) is 4.04. The maximum absolute atomic E-state index is 12.4. The number of rotatable bonds is 3. The van der Waals surface area contributed by atoms with Crippen LogP contribution in [0, 0.1) is 5.92 Å². The van der Waals surface area contributed by atoms with Gasteiger partial charge in [0.2, 0.25) is 0 Å². The number of morpholine rings is 1. The van der Waals surface area contributed by atoms with E-state index in [1.54, 1.807) is 0 Å². The fourth-order valence-corrected chi connectivity index (χ4v) is 5.23. The van der Waals surface area contributed by atoms with Crippen molar-refractivity contribution in [3.8, 4) is 0 Å². The van der Waals surface area contributed by atoms with Gasteiger partial charge in [0.1, 0.15) is 0 Å². The molecule has 5 nitrogen and oxygen atoms in total. The third-order valence-electron chi connectivity index (χ3n) is 5.38. The molecule has 0 aromatic carbocycles. The highest BCUT2D eigenvalue weighted by Gasteiger charge is 2.32. The minimum absolute atomic E-state index is 0.163. The summed E-state index contributed by atoms with van der Waals surface area (Å²) in [6.45, 7) is 6.37. The number of nitrogens with zero attached hydrogens (tertiary/aromatic N) is 2. The lowest BCUT2D eigenvalue weighted by Crippen LogP contribution is -2.48. The first-order valence-electron chi connectivity index (χ1n) is 8.87. The number of thiazole rings is 1. The largest absolute Gasteiger partial charge is 0.375 e. The van der Waals surface area contributed by atoms with Crippen LogP contribution in [0.25, 0.3) is 0 Å². The Morgan fingerprint density at radius 2 is 2.09 bits per heavy atom. The molecule has 1 aliphatic carbocycles. The molecule has 2 aliphatic heterocycles. The first-order chi connectivity index (χ1) is 11.2. The van der Waals surface area contributed by atoms with Gasteiger partial charge in [-0.25, -0.2) is 0 Å². The van der Waals surface area contributed by atoms with Gasteiger partial charge in [0, 0.05) is 30.3 Å². The third-order valence-corrected chi connectivity index (χ3v) is 6.43. The summed E-state index contributed by atoms with van der Waals surface area (Å²) < 4.78 is 13.7. The summed E-state index contributed by atoms with van der Waals surface area (Å²) >= 11 is 1.46. The van der Waals surface area contributed by atoms with E-state index in [1.807, 2.05) is 4.57 Å². The van der Waals surface area contributed by atoms with Gasteiger partial charge in [-0.1, -0.05) is 18.3 Å². The molecule has 4 rings (SSSR count). The van der Waals surface area contributed by atoms with E-state index in [2.05, 4.69) is 11.8 Å². The van der Waals surface area contributed by atoms with Crippen LogP contribution in [-0.4, -0.2) is 48.0 Å². The normalized spacial score (nSPS) is 32.1. The first kappa shape index (κ1) is 15.8. The minimum atomic E-state index is 0.163. The van der Waals surface area contributed by atoms with Crippen molar-refractivity contribution in [3.63, 3.8) is 0 Å². The predicted molar refractivity (Wildman–Crippen MR) is 90.1 cm³/mol. The van der Waals surface area contributed by atoms with Gasteiger partial charge < -0.3 is 9.47 Å². The summed E-state index contributed by atoms with van der Waals surface area (Å²) in [5.41, 5.74) is 1.29. The molecule has 6 heteroatoms. The lowest BCUT2D eigenvalue weighted by Gasteiger charge is -2.35. The summed E-state index contributed by atoms with van der Waals surface area (Å²) in [5, 5.41) is 0. The second-order valence-corrected chi connectivity index (χ2v) is 8.24. The molecule has 0 N–H and O–H groups in total.